The summed E-state index contributed by atoms with van der Waals surface area (Å²) in [4.78, 5) is 0. The maximum atomic E-state index is 5.00. The first-order valence-corrected chi connectivity index (χ1v) is 17.4. The first-order chi connectivity index (χ1) is 5.74. The molecule has 0 heterocycles. The summed E-state index contributed by atoms with van der Waals surface area (Å²) in [6, 6.07) is 7.96. The summed E-state index contributed by atoms with van der Waals surface area (Å²) >= 11 is 6.25. The zero-order chi connectivity index (χ0) is 9.40. The molecule has 1 aromatic carbocycles. The summed E-state index contributed by atoms with van der Waals surface area (Å²) in [7, 11) is 1.68. The van der Waals surface area contributed by atoms with E-state index >= 15 is 0 Å². The molecule has 1 nitrogen and oxygen atoms in total. The number of hydrogen-bond donors (Lipinski definition) is 0. The summed E-state index contributed by atoms with van der Waals surface area (Å²) in [5.74, 6) is 0.926. The zero-order valence-electron chi connectivity index (χ0n) is 7.18. The van der Waals surface area contributed by atoms with Crippen molar-refractivity contribution in [2.24, 2.45) is 0 Å². The fraction of sp³-hybridized carbons (Fsp3) is 0.250. The molecule has 0 N–H and O–H groups in total. The van der Waals surface area contributed by atoms with Gasteiger partial charge in [0.1, 0.15) is 5.75 Å². The van der Waals surface area contributed by atoms with E-state index in [4.69, 9.17) is 4.74 Å². The van der Waals surface area contributed by atoms with Gasteiger partial charge >= 0.3 is 40.5 Å². The van der Waals surface area contributed by atoms with Crippen LogP contribution in [-0.4, -0.2) is 7.11 Å². The molecular formula is C8H10Br2OZn. The van der Waals surface area contributed by atoms with Crippen LogP contribution in [0.25, 0.3) is 0 Å². The quantitative estimate of drug-likeness (QED) is 0.704. The topological polar surface area (TPSA) is 9.23 Å². The number of rotatable bonds is 1. The minimum atomic E-state index is -0.250. The molecule has 64 valence electrons. The number of methoxy groups -OCH3 is 1. The Morgan fingerprint density at radius 1 is 1.33 bits per heavy atom. The summed E-state index contributed by atoms with van der Waals surface area (Å²) in [6.07, 6.45) is 0. The molecule has 0 aliphatic rings. The van der Waals surface area contributed by atoms with Crippen LogP contribution in [-0.2, 0) is 13.2 Å². The summed E-state index contributed by atoms with van der Waals surface area (Å²) in [5.41, 5.74) is 1.23. The van der Waals surface area contributed by atoms with Crippen molar-refractivity contribution < 1.29 is 17.9 Å². The van der Waals surface area contributed by atoms with Crippen LogP contribution in [0.15, 0.2) is 24.3 Å². The third-order valence-corrected chi connectivity index (χ3v) is 1.23. The van der Waals surface area contributed by atoms with E-state index in [0.29, 0.717) is 0 Å². The molecule has 0 unspecified atom stereocenters. The zero-order valence-corrected chi connectivity index (χ0v) is 13.3. The molecule has 12 heavy (non-hydrogen) atoms. The van der Waals surface area contributed by atoms with E-state index in [9.17, 15) is 0 Å². The van der Waals surface area contributed by atoms with Crippen LogP contribution in [0.4, 0.5) is 0 Å². The minimum absolute atomic E-state index is 0.250. The molecule has 0 aromatic heterocycles. The van der Waals surface area contributed by atoms with Crippen LogP contribution >= 0.6 is 27.2 Å². The molecule has 1 rings (SSSR count). The number of ether oxygens (including phenoxy) is 1. The normalized spacial score (nSPS) is 7.67. The average molecular weight is 347 g/mol. The van der Waals surface area contributed by atoms with Gasteiger partial charge in [-0.3, -0.25) is 0 Å². The Morgan fingerprint density at radius 2 is 1.92 bits per heavy atom. The summed E-state index contributed by atoms with van der Waals surface area (Å²) in [5, 5.41) is 0. The summed E-state index contributed by atoms with van der Waals surface area (Å²) in [6.45, 7) is 2.04. The molecule has 0 saturated carbocycles. The van der Waals surface area contributed by atoms with Gasteiger partial charge in [0.2, 0.25) is 0 Å². The Labute approximate surface area is 94.2 Å². The van der Waals surface area contributed by atoms with Gasteiger partial charge in [0.25, 0.3) is 0 Å². The van der Waals surface area contributed by atoms with Crippen molar-refractivity contribution in [1.82, 2.24) is 0 Å². The van der Waals surface area contributed by atoms with Gasteiger partial charge in [0.15, 0.2) is 0 Å². The Kier molecular flexibility index (Phi) is 8.63. The molecule has 0 saturated heterocycles. The molecule has 0 aliphatic heterocycles. The SMILES string of the molecule is COc1cccc(C)c1.[Br][Zn][Br]. The predicted octanol–water partition coefficient (Wildman–Crippen LogP) is 3.69. The van der Waals surface area contributed by atoms with Crippen LogP contribution in [0, 0.1) is 6.92 Å². The number of benzene rings is 1. The molecular weight excluding hydrogens is 337 g/mol. The fourth-order valence-electron chi connectivity index (χ4n) is 0.742. The van der Waals surface area contributed by atoms with Gasteiger partial charge in [-0.15, -0.1) is 0 Å². The Hall–Kier alpha value is 0.603. The standard InChI is InChI=1S/C8H10O.2BrH.Zn/c1-7-4-3-5-8(6-7)9-2;;;/h3-6H,1-2H3;2*1H;/q;;;+2/p-2. The van der Waals surface area contributed by atoms with Crippen LogP contribution in [0.1, 0.15) is 5.56 Å². The maximum absolute atomic E-state index is 5.00. The van der Waals surface area contributed by atoms with Gasteiger partial charge in [0, 0.05) is 0 Å². The second kappa shape index (κ2) is 8.21. The molecule has 4 heteroatoms. The van der Waals surface area contributed by atoms with Crippen molar-refractivity contribution in [1.29, 1.82) is 0 Å². The van der Waals surface area contributed by atoms with Crippen LogP contribution in [0.2, 0.25) is 0 Å². The van der Waals surface area contributed by atoms with Crippen molar-refractivity contribution >= 4 is 27.2 Å². The monoisotopic (exact) mass is 344 g/mol. The van der Waals surface area contributed by atoms with Crippen LogP contribution in [0.3, 0.4) is 0 Å². The van der Waals surface area contributed by atoms with Gasteiger partial charge < -0.3 is 4.74 Å². The molecule has 0 atom stereocenters. The van der Waals surface area contributed by atoms with Crippen molar-refractivity contribution in [3.05, 3.63) is 29.8 Å². The van der Waals surface area contributed by atoms with Gasteiger partial charge in [-0.05, 0) is 24.6 Å². The van der Waals surface area contributed by atoms with E-state index in [1.54, 1.807) is 7.11 Å². The molecule has 0 fully saturated rings. The van der Waals surface area contributed by atoms with Gasteiger partial charge in [-0.2, -0.15) is 0 Å². The van der Waals surface area contributed by atoms with Gasteiger partial charge in [-0.1, -0.05) is 12.1 Å². The second-order valence-electron chi connectivity index (χ2n) is 2.12. The fourth-order valence-corrected chi connectivity index (χ4v) is 0.742. The van der Waals surface area contributed by atoms with Gasteiger partial charge in [-0.25, -0.2) is 0 Å². The van der Waals surface area contributed by atoms with E-state index in [2.05, 4.69) is 27.2 Å². The van der Waals surface area contributed by atoms with E-state index in [1.165, 1.54) is 5.56 Å². The van der Waals surface area contributed by atoms with Crippen LogP contribution < -0.4 is 4.74 Å². The molecule has 0 amide bonds. The van der Waals surface area contributed by atoms with Crippen molar-refractivity contribution in [2.45, 2.75) is 6.92 Å². The Balaban J connectivity index is 0.000000354. The molecule has 0 spiro atoms. The third-order valence-electron chi connectivity index (χ3n) is 1.23. The van der Waals surface area contributed by atoms with E-state index in [1.807, 2.05) is 31.2 Å². The van der Waals surface area contributed by atoms with E-state index in [0.717, 1.165) is 5.75 Å². The number of halogens is 2. The Morgan fingerprint density at radius 3 is 2.25 bits per heavy atom. The average Bonchev–Trinajstić information content (AvgIpc) is 2.06. The van der Waals surface area contributed by atoms with E-state index in [-0.39, 0.29) is 13.2 Å². The molecule has 0 bridgehead atoms. The van der Waals surface area contributed by atoms with Crippen molar-refractivity contribution in [2.75, 3.05) is 7.11 Å². The molecule has 0 radical (unpaired) electrons. The van der Waals surface area contributed by atoms with Crippen LogP contribution in [0.5, 0.6) is 5.75 Å². The first-order valence-electron chi connectivity index (χ1n) is 3.47. The number of aryl methyl sites for hydroxylation is 1. The van der Waals surface area contributed by atoms with Gasteiger partial charge in [0.05, 0.1) is 7.11 Å². The molecule has 0 aliphatic carbocycles. The van der Waals surface area contributed by atoms with Crippen molar-refractivity contribution in [3.63, 3.8) is 0 Å². The summed E-state index contributed by atoms with van der Waals surface area (Å²) < 4.78 is 5.00. The first kappa shape index (κ1) is 12.6. The van der Waals surface area contributed by atoms with E-state index < -0.39 is 0 Å². The third kappa shape index (κ3) is 6.16. The predicted molar refractivity (Wildman–Crippen MR) is 55.6 cm³/mol. The molecule has 1 aromatic rings. The Bertz CT molecular complexity index is 218. The second-order valence-corrected chi connectivity index (χ2v) is 16.2. The van der Waals surface area contributed by atoms with Crippen molar-refractivity contribution in [3.8, 4) is 5.75 Å². The number of hydrogen-bond acceptors (Lipinski definition) is 1.